The van der Waals surface area contributed by atoms with Gasteiger partial charge >= 0.3 is 0 Å². The van der Waals surface area contributed by atoms with Crippen molar-refractivity contribution in [2.45, 2.75) is 46.4 Å². The van der Waals surface area contributed by atoms with Crippen molar-refractivity contribution < 1.29 is 18.7 Å². The standard InChI is InChI=1S/C26H30N2O4/c1-18(2)19(3)27-26(29)24-12-10-22(32-24)16-28(14-20-7-5-4-6-8-20)15-21-9-11-23-25(13-21)31-17-30-23/h4-13,18-19H,14-17H2,1-3H3,(H,27,29). The number of hydrogen-bond donors (Lipinski definition) is 1. The minimum absolute atomic E-state index is 0.0802. The number of benzene rings is 2. The van der Waals surface area contributed by atoms with Gasteiger partial charge in [0.15, 0.2) is 17.3 Å². The normalized spacial score (nSPS) is 13.5. The lowest BCUT2D eigenvalue weighted by Gasteiger charge is -2.22. The monoisotopic (exact) mass is 434 g/mol. The van der Waals surface area contributed by atoms with Gasteiger partial charge < -0.3 is 19.2 Å². The second-order valence-corrected chi connectivity index (χ2v) is 8.59. The predicted molar refractivity (Wildman–Crippen MR) is 122 cm³/mol. The Balaban J connectivity index is 1.48. The summed E-state index contributed by atoms with van der Waals surface area (Å²) >= 11 is 0. The molecule has 2 aromatic carbocycles. The molecule has 6 nitrogen and oxygen atoms in total. The van der Waals surface area contributed by atoms with Gasteiger partial charge in [-0.25, -0.2) is 0 Å². The predicted octanol–water partition coefficient (Wildman–Crippen LogP) is 4.99. The highest BCUT2D eigenvalue weighted by atomic mass is 16.7. The van der Waals surface area contributed by atoms with Gasteiger partial charge in [-0.2, -0.15) is 0 Å². The molecule has 1 amide bonds. The molecule has 1 N–H and O–H groups in total. The van der Waals surface area contributed by atoms with Crippen molar-refractivity contribution in [1.82, 2.24) is 10.2 Å². The lowest BCUT2D eigenvalue weighted by atomic mass is 10.1. The third-order valence-electron chi connectivity index (χ3n) is 5.72. The zero-order chi connectivity index (χ0) is 22.5. The number of nitrogens with zero attached hydrogens (tertiary/aromatic N) is 1. The van der Waals surface area contributed by atoms with Crippen molar-refractivity contribution >= 4 is 5.91 Å². The average molecular weight is 435 g/mol. The lowest BCUT2D eigenvalue weighted by Crippen LogP contribution is -2.35. The molecule has 0 aliphatic carbocycles. The molecule has 0 fully saturated rings. The number of ether oxygens (including phenoxy) is 2. The highest BCUT2D eigenvalue weighted by molar-refractivity contribution is 5.91. The Morgan fingerprint density at radius 2 is 1.66 bits per heavy atom. The van der Waals surface area contributed by atoms with Crippen molar-refractivity contribution in [3.8, 4) is 11.5 Å². The number of furan rings is 1. The van der Waals surface area contributed by atoms with Crippen LogP contribution in [0.3, 0.4) is 0 Å². The molecule has 32 heavy (non-hydrogen) atoms. The summed E-state index contributed by atoms with van der Waals surface area (Å²) in [6, 6.07) is 20.1. The second-order valence-electron chi connectivity index (χ2n) is 8.59. The van der Waals surface area contributed by atoms with Gasteiger partial charge in [0.1, 0.15) is 5.76 Å². The Hall–Kier alpha value is -3.25. The molecule has 1 unspecified atom stereocenters. The minimum atomic E-state index is -0.178. The Morgan fingerprint density at radius 3 is 2.44 bits per heavy atom. The van der Waals surface area contributed by atoms with Crippen LogP contribution < -0.4 is 14.8 Å². The fourth-order valence-electron chi connectivity index (χ4n) is 3.56. The van der Waals surface area contributed by atoms with E-state index in [4.69, 9.17) is 13.9 Å². The van der Waals surface area contributed by atoms with Gasteiger partial charge in [0, 0.05) is 19.1 Å². The summed E-state index contributed by atoms with van der Waals surface area (Å²) in [7, 11) is 0. The largest absolute Gasteiger partial charge is 0.455 e. The van der Waals surface area contributed by atoms with E-state index >= 15 is 0 Å². The average Bonchev–Trinajstić information content (AvgIpc) is 3.43. The van der Waals surface area contributed by atoms with Crippen molar-refractivity contribution in [2.24, 2.45) is 5.92 Å². The summed E-state index contributed by atoms with van der Waals surface area (Å²) in [4.78, 5) is 14.8. The first-order valence-corrected chi connectivity index (χ1v) is 11.0. The van der Waals surface area contributed by atoms with E-state index in [2.05, 4.69) is 42.3 Å². The summed E-state index contributed by atoms with van der Waals surface area (Å²) < 4.78 is 16.9. The van der Waals surface area contributed by atoms with E-state index in [1.165, 1.54) is 5.56 Å². The molecule has 168 valence electrons. The Labute approximate surface area is 189 Å². The van der Waals surface area contributed by atoms with Crippen molar-refractivity contribution in [3.63, 3.8) is 0 Å². The van der Waals surface area contributed by atoms with Crippen LogP contribution in [0, 0.1) is 5.92 Å². The highest BCUT2D eigenvalue weighted by Gasteiger charge is 2.19. The van der Waals surface area contributed by atoms with E-state index in [0.717, 1.165) is 29.4 Å². The summed E-state index contributed by atoms with van der Waals surface area (Å²) in [5.41, 5.74) is 2.34. The van der Waals surface area contributed by atoms with Crippen molar-refractivity contribution in [3.05, 3.63) is 83.3 Å². The summed E-state index contributed by atoms with van der Waals surface area (Å²) in [6.07, 6.45) is 0. The zero-order valence-electron chi connectivity index (χ0n) is 18.8. The quantitative estimate of drug-likeness (QED) is 0.514. The van der Waals surface area contributed by atoms with Crippen LogP contribution in [-0.4, -0.2) is 23.6 Å². The number of amides is 1. The molecule has 0 spiro atoms. The summed E-state index contributed by atoms with van der Waals surface area (Å²) in [6.45, 7) is 8.46. The number of fused-ring (bicyclic) bond motifs is 1. The minimum Gasteiger partial charge on any atom is -0.455 e. The van der Waals surface area contributed by atoms with Crippen LogP contribution in [0.4, 0.5) is 0 Å². The van der Waals surface area contributed by atoms with Gasteiger partial charge in [0.2, 0.25) is 6.79 Å². The van der Waals surface area contributed by atoms with Gasteiger partial charge in [-0.1, -0.05) is 50.2 Å². The topological polar surface area (TPSA) is 63.9 Å². The maximum absolute atomic E-state index is 12.5. The summed E-state index contributed by atoms with van der Waals surface area (Å²) in [5, 5.41) is 2.99. The molecule has 4 rings (SSSR count). The first kappa shape index (κ1) is 22.0. The van der Waals surface area contributed by atoms with Crippen LogP contribution >= 0.6 is 0 Å². The molecule has 1 aliphatic heterocycles. The summed E-state index contributed by atoms with van der Waals surface area (Å²) in [5.74, 6) is 2.83. The fourth-order valence-corrected chi connectivity index (χ4v) is 3.56. The Bertz CT molecular complexity index is 1040. The maximum atomic E-state index is 12.5. The fraction of sp³-hybridized carbons (Fsp3) is 0.346. The van der Waals surface area contributed by atoms with Crippen LogP contribution in [0.15, 0.2) is 65.1 Å². The molecule has 1 atom stereocenters. The zero-order valence-corrected chi connectivity index (χ0v) is 18.8. The Kier molecular flexibility index (Phi) is 6.81. The number of carbonyl (C=O) groups excluding carboxylic acids is 1. The van der Waals surface area contributed by atoms with Gasteiger partial charge in [0.25, 0.3) is 5.91 Å². The molecular weight excluding hydrogens is 404 g/mol. The van der Waals surface area contributed by atoms with Gasteiger partial charge in [-0.3, -0.25) is 9.69 Å². The number of hydrogen-bond acceptors (Lipinski definition) is 5. The van der Waals surface area contributed by atoms with E-state index < -0.39 is 0 Å². The number of carbonyl (C=O) groups is 1. The SMILES string of the molecule is CC(C)C(C)NC(=O)c1ccc(CN(Cc2ccccc2)Cc2ccc3c(c2)OCO3)o1. The number of nitrogens with one attached hydrogen (secondary N) is 1. The third kappa shape index (κ3) is 5.51. The first-order chi connectivity index (χ1) is 15.5. The second kappa shape index (κ2) is 9.92. The molecule has 2 heterocycles. The molecule has 0 saturated heterocycles. The molecule has 0 saturated carbocycles. The molecule has 0 radical (unpaired) electrons. The smallest absolute Gasteiger partial charge is 0.287 e. The van der Waals surface area contributed by atoms with Gasteiger partial charge in [-0.15, -0.1) is 0 Å². The van der Waals surface area contributed by atoms with Gasteiger partial charge in [0.05, 0.1) is 6.54 Å². The molecule has 6 heteroatoms. The van der Waals surface area contributed by atoms with Crippen LogP contribution in [0.1, 0.15) is 48.2 Å². The van der Waals surface area contributed by atoms with Crippen molar-refractivity contribution in [1.29, 1.82) is 0 Å². The number of rotatable bonds is 9. The molecule has 1 aromatic heterocycles. The van der Waals surface area contributed by atoms with E-state index in [1.54, 1.807) is 6.07 Å². The molecule has 1 aliphatic rings. The van der Waals surface area contributed by atoms with Crippen LogP contribution in [0.2, 0.25) is 0 Å². The van der Waals surface area contributed by atoms with E-state index in [9.17, 15) is 4.79 Å². The van der Waals surface area contributed by atoms with Gasteiger partial charge in [-0.05, 0) is 48.2 Å². The Morgan fingerprint density at radius 1 is 0.906 bits per heavy atom. The van der Waals surface area contributed by atoms with E-state index in [0.29, 0.717) is 24.8 Å². The van der Waals surface area contributed by atoms with Crippen LogP contribution in [-0.2, 0) is 19.6 Å². The highest BCUT2D eigenvalue weighted by Crippen LogP contribution is 2.33. The first-order valence-electron chi connectivity index (χ1n) is 11.0. The van der Waals surface area contributed by atoms with E-state index in [1.807, 2.05) is 43.3 Å². The lowest BCUT2D eigenvalue weighted by molar-refractivity contribution is 0.0897. The van der Waals surface area contributed by atoms with Crippen LogP contribution in [0.25, 0.3) is 0 Å². The third-order valence-corrected chi connectivity index (χ3v) is 5.72. The van der Waals surface area contributed by atoms with Crippen molar-refractivity contribution in [2.75, 3.05) is 6.79 Å². The van der Waals surface area contributed by atoms with Crippen LogP contribution in [0.5, 0.6) is 11.5 Å². The molecule has 0 bridgehead atoms. The molecular formula is C26H30N2O4. The maximum Gasteiger partial charge on any atom is 0.287 e. The van der Waals surface area contributed by atoms with E-state index in [-0.39, 0.29) is 18.7 Å². The molecule has 3 aromatic rings.